The largest absolute Gasteiger partial charge is 0.269 e. The summed E-state index contributed by atoms with van der Waals surface area (Å²) < 4.78 is 26.9. The van der Waals surface area contributed by atoms with Crippen molar-refractivity contribution in [2.75, 3.05) is 11.4 Å². The van der Waals surface area contributed by atoms with Crippen LogP contribution in [0.2, 0.25) is 0 Å². The van der Waals surface area contributed by atoms with Gasteiger partial charge in [0, 0.05) is 12.6 Å². The molecule has 2 aromatic rings. The van der Waals surface area contributed by atoms with Gasteiger partial charge in [0.15, 0.2) is 0 Å². The van der Waals surface area contributed by atoms with E-state index in [1.54, 1.807) is 24.3 Å². The quantitative estimate of drug-likeness (QED) is 0.553. The molecule has 0 bridgehead atoms. The summed E-state index contributed by atoms with van der Waals surface area (Å²) in [5.74, 6) is 2.46. The fourth-order valence-electron chi connectivity index (χ4n) is 2.49. The third-order valence-corrected chi connectivity index (χ3v) is 5.94. The van der Waals surface area contributed by atoms with Crippen molar-refractivity contribution in [3.05, 3.63) is 59.2 Å². The zero-order valence-corrected chi connectivity index (χ0v) is 12.8. The SMILES string of the molecule is C#Cc1ccc2c(c1)S(=O)(=O)N(C)c1ccccc1C2Cl. The van der Waals surface area contributed by atoms with Crippen LogP contribution in [-0.4, -0.2) is 15.5 Å². The first-order chi connectivity index (χ1) is 9.96. The molecule has 106 valence electrons. The van der Waals surface area contributed by atoms with Gasteiger partial charge in [-0.3, -0.25) is 4.31 Å². The van der Waals surface area contributed by atoms with Crippen molar-refractivity contribution in [1.29, 1.82) is 0 Å². The van der Waals surface area contributed by atoms with Gasteiger partial charge in [-0.15, -0.1) is 18.0 Å². The van der Waals surface area contributed by atoms with Gasteiger partial charge >= 0.3 is 0 Å². The minimum atomic E-state index is -3.68. The van der Waals surface area contributed by atoms with Crippen molar-refractivity contribution >= 4 is 27.3 Å². The molecule has 1 aliphatic rings. The minimum Gasteiger partial charge on any atom is -0.269 e. The number of hydrogen-bond donors (Lipinski definition) is 0. The van der Waals surface area contributed by atoms with E-state index in [1.165, 1.54) is 17.4 Å². The van der Waals surface area contributed by atoms with E-state index in [4.69, 9.17) is 18.0 Å². The molecule has 0 spiro atoms. The Bertz CT molecular complexity index is 868. The number of halogens is 1. The fourth-order valence-corrected chi connectivity index (χ4v) is 4.41. The third kappa shape index (κ3) is 2.01. The summed E-state index contributed by atoms with van der Waals surface area (Å²) in [5.41, 5.74) is 2.40. The Labute approximate surface area is 129 Å². The van der Waals surface area contributed by atoms with Crippen LogP contribution in [0.1, 0.15) is 22.1 Å². The Balaban J connectivity index is 2.40. The summed E-state index contributed by atoms with van der Waals surface area (Å²) in [6, 6.07) is 12.1. The molecule has 0 aromatic heterocycles. The van der Waals surface area contributed by atoms with Crippen LogP contribution in [0.4, 0.5) is 5.69 Å². The van der Waals surface area contributed by atoms with Gasteiger partial charge in [0.05, 0.1) is 16.0 Å². The predicted molar refractivity (Wildman–Crippen MR) is 84.1 cm³/mol. The number of rotatable bonds is 0. The van der Waals surface area contributed by atoms with Gasteiger partial charge in [-0.1, -0.05) is 30.2 Å². The number of sulfonamides is 1. The summed E-state index contributed by atoms with van der Waals surface area (Å²) in [6.45, 7) is 0. The predicted octanol–water partition coefficient (Wildman–Crippen LogP) is 3.13. The lowest BCUT2D eigenvalue weighted by molar-refractivity contribution is 0.594. The molecule has 0 radical (unpaired) electrons. The van der Waals surface area contributed by atoms with Crippen LogP contribution in [0.25, 0.3) is 0 Å². The zero-order valence-electron chi connectivity index (χ0n) is 11.2. The molecule has 1 aliphatic heterocycles. The average molecular weight is 318 g/mol. The van der Waals surface area contributed by atoms with Crippen LogP contribution < -0.4 is 4.31 Å². The molecule has 1 unspecified atom stereocenters. The van der Waals surface area contributed by atoms with E-state index in [-0.39, 0.29) is 4.90 Å². The first-order valence-corrected chi connectivity index (χ1v) is 8.17. The molecular weight excluding hydrogens is 306 g/mol. The van der Waals surface area contributed by atoms with E-state index < -0.39 is 15.4 Å². The van der Waals surface area contributed by atoms with Crippen molar-refractivity contribution in [2.45, 2.75) is 10.3 Å². The molecule has 5 heteroatoms. The van der Waals surface area contributed by atoms with E-state index in [0.717, 1.165) is 5.56 Å². The van der Waals surface area contributed by atoms with Crippen LogP contribution in [0.3, 0.4) is 0 Å². The van der Waals surface area contributed by atoms with Crippen LogP contribution in [-0.2, 0) is 10.0 Å². The Hall–Kier alpha value is -1.96. The first-order valence-electron chi connectivity index (χ1n) is 6.29. The Morgan fingerprint density at radius 2 is 1.90 bits per heavy atom. The molecule has 3 nitrogen and oxygen atoms in total. The second kappa shape index (κ2) is 4.80. The molecule has 0 aliphatic carbocycles. The molecular formula is C16H12ClNO2S. The first kappa shape index (κ1) is 14.0. The fraction of sp³-hybridized carbons (Fsp3) is 0.125. The molecule has 0 saturated heterocycles. The lowest BCUT2D eigenvalue weighted by Crippen LogP contribution is -2.26. The highest BCUT2D eigenvalue weighted by Gasteiger charge is 2.34. The monoisotopic (exact) mass is 317 g/mol. The lowest BCUT2D eigenvalue weighted by atomic mass is 10.0. The molecule has 0 amide bonds. The number of hydrogen-bond acceptors (Lipinski definition) is 2. The lowest BCUT2D eigenvalue weighted by Gasteiger charge is -2.19. The van der Waals surface area contributed by atoms with Gasteiger partial charge in [0.25, 0.3) is 10.0 Å². The van der Waals surface area contributed by atoms with E-state index in [1.807, 2.05) is 12.1 Å². The Morgan fingerprint density at radius 3 is 2.62 bits per heavy atom. The van der Waals surface area contributed by atoms with Gasteiger partial charge in [0.2, 0.25) is 0 Å². The number of terminal acetylenes is 1. The molecule has 2 aromatic carbocycles. The molecule has 3 rings (SSSR count). The van der Waals surface area contributed by atoms with E-state index in [9.17, 15) is 8.42 Å². The standard InChI is InChI=1S/C16H12ClNO2S/c1-3-11-8-9-13-15(10-11)21(19,20)18(2)14-7-5-4-6-12(14)16(13)17/h1,4-10,16H,2H3. The highest BCUT2D eigenvalue weighted by atomic mass is 35.5. The van der Waals surface area contributed by atoms with Gasteiger partial charge in [-0.05, 0) is 29.3 Å². The Morgan fingerprint density at radius 1 is 1.19 bits per heavy atom. The van der Waals surface area contributed by atoms with Crippen molar-refractivity contribution in [2.24, 2.45) is 0 Å². The number of alkyl halides is 1. The summed E-state index contributed by atoms with van der Waals surface area (Å²) in [7, 11) is -2.16. The normalized spacial score (nSPS) is 19.1. The summed E-state index contributed by atoms with van der Waals surface area (Å²) in [5, 5.41) is -0.539. The van der Waals surface area contributed by atoms with Crippen LogP contribution in [0.5, 0.6) is 0 Å². The second-order valence-electron chi connectivity index (χ2n) is 4.79. The van der Waals surface area contributed by atoms with Crippen LogP contribution in [0, 0.1) is 12.3 Å². The van der Waals surface area contributed by atoms with Gasteiger partial charge in [0.1, 0.15) is 0 Å². The van der Waals surface area contributed by atoms with Crippen molar-refractivity contribution in [3.63, 3.8) is 0 Å². The second-order valence-corrected chi connectivity index (χ2v) is 7.16. The molecule has 1 heterocycles. The van der Waals surface area contributed by atoms with Gasteiger partial charge < -0.3 is 0 Å². The van der Waals surface area contributed by atoms with E-state index >= 15 is 0 Å². The number of benzene rings is 2. The maximum Gasteiger partial charge on any atom is 0.264 e. The van der Waals surface area contributed by atoms with Crippen molar-refractivity contribution < 1.29 is 8.42 Å². The summed E-state index contributed by atoms with van der Waals surface area (Å²) in [4.78, 5) is 0.164. The van der Waals surface area contributed by atoms with Crippen LogP contribution in [0.15, 0.2) is 47.4 Å². The smallest absolute Gasteiger partial charge is 0.264 e. The molecule has 1 atom stereocenters. The molecule has 0 saturated carbocycles. The Kier molecular flexibility index (Phi) is 3.20. The van der Waals surface area contributed by atoms with Crippen molar-refractivity contribution in [1.82, 2.24) is 0 Å². The minimum absolute atomic E-state index is 0.164. The summed E-state index contributed by atoms with van der Waals surface area (Å²) >= 11 is 6.53. The maximum absolute atomic E-state index is 12.8. The zero-order chi connectivity index (χ0) is 15.2. The van der Waals surface area contributed by atoms with E-state index in [0.29, 0.717) is 16.8 Å². The van der Waals surface area contributed by atoms with E-state index in [2.05, 4.69) is 5.92 Å². The molecule has 0 fully saturated rings. The third-order valence-electron chi connectivity index (χ3n) is 3.64. The topological polar surface area (TPSA) is 37.4 Å². The number of fused-ring (bicyclic) bond motifs is 2. The number of para-hydroxylation sites is 1. The average Bonchev–Trinajstić information content (AvgIpc) is 2.57. The molecule has 21 heavy (non-hydrogen) atoms. The van der Waals surface area contributed by atoms with Crippen molar-refractivity contribution in [3.8, 4) is 12.3 Å². The highest BCUT2D eigenvalue weighted by molar-refractivity contribution is 7.92. The van der Waals surface area contributed by atoms with Gasteiger partial charge in [-0.25, -0.2) is 8.42 Å². The van der Waals surface area contributed by atoms with Crippen LogP contribution >= 0.6 is 11.6 Å². The maximum atomic E-state index is 12.8. The highest BCUT2D eigenvalue weighted by Crippen LogP contribution is 2.43. The molecule has 0 N–H and O–H groups in total. The summed E-state index contributed by atoms with van der Waals surface area (Å²) in [6.07, 6.45) is 5.37. The van der Waals surface area contributed by atoms with Gasteiger partial charge in [-0.2, -0.15) is 0 Å². The number of nitrogens with zero attached hydrogens (tertiary/aromatic N) is 1. The number of anilines is 1.